The first-order chi connectivity index (χ1) is 9.95. The van der Waals surface area contributed by atoms with Crippen molar-refractivity contribution in [1.29, 1.82) is 0 Å². The molecule has 0 unspecified atom stereocenters. The molecule has 0 amide bonds. The van der Waals surface area contributed by atoms with E-state index in [0.29, 0.717) is 12.0 Å². The second-order valence-electron chi connectivity index (χ2n) is 7.13. The van der Waals surface area contributed by atoms with Gasteiger partial charge in [0.25, 0.3) is 0 Å². The maximum absolute atomic E-state index is 4.87. The molecule has 2 rings (SSSR count). The molecule has 1 heterocycles. The van der Waals surface area contributed by atoms with E-state index in [2.05, 4.69) is 57.1 Å². The van der Waals surface area contributed by atoms with Gasteiger partial charge in [0, 0.05) is 31.9 Å². The molecule has 1 aromatic rings. The maximum atomic E-state index is 4.87. The number of nitrogens with one attached hydrogen (secondary N) is 1. The quantitative estimate of drug-likeness (QED) is 0.824. The normalized spacial score (nSPS) is 15.6. The van der Waals surface area contributed by atoms with Crippen LogP contribution in [0.1, 0.15) is 64.1 Å². The summed E-state index contributed by atoms with van der Waals surface area (Å²) < 4.78 is 0. The largest absolute Gasteiger partial charge is 0.359 e. The smallest absolute Gasteiger partial charge is 0.128 e. The number of aromatic nitrogens is 1. The second kappa shape index (κ2) is 7.26. The molecule has 1 aromatic heterocycles. The Bertz CT molecular complexity index is 450. The fourth-order valence-electron chi connectivity index (χ4n) is 2.67. The van der Waals surface area contributed by atoms with Crippen LogP contribution in [0.15, 0.2) is 12.1 Å². The zero-order chi connectivity index (χ0) is 15.4. The SMILES string of the molecule is CC(C)NCc1cc(C(C)C)nc(N(C)CC2CCC2)c1. The van der Waals surface area contributed by atoms with Crippen LogP contribution in [-0.4, -0.2) is 24.6 Å². The topological polar surface area (TPSA) is 28.2 Å². The van der Waals surface area contributed by atoms with E-state index in [-0.39, 0.29) is 0 Å². The minimum atomic E-state index is 0.472. The Morgan fingerprint density at radius 2 is 1.95 bits per heavy atom. The monoisotopic (exact) mass is 289 g/mol. The Balaban J connectivity index is 2.13. The summed E-state index contributed by atoms with van der Waals surface area (Å²) in [5.74, 6) is 2.48. The average Bonchev–Trinajstić information content (AvgIpc) is 2.39. The summed E-state index contributed by atoms with van der Waals surface area (Å²) in [4.78, 5) is 7.21. The van der Waals surface area contributed by atoms with Crippen LogP contribution >= 0.6 is 0 Å². The third-order valence-electron chi connectivity index (χ3n) is 4.35. The summed E-state index contributed by atoms with van der Waals surface area (Å²) in [5, 5.41) is 3.51. The van der Waals surface area contributed by atoms with Crippen molar-refractivity contribution in [2.24, 2.45) is 5.92 Å². The van der Waals surface area contributed by atoms with Crippen LogP contribution in [-0.2, 0) is 6.54 Å². The Hall–Kier alpha value is -1.09. The van der Waals surface area contributed by atoms with Gasteiger partial charge in [-0.3, -0.25) is 0 Å². The number of nitrogens with zero attached hydrogens (tertiary/aromatic N) is 2. The lowest BCUT2D eigenvalue weighted by Gasteiger charge is -2.31. The van der Waals surface area contributed by atoms with Crippen LogP contribution < -0.4 is 10.2 Å². The molecule has 1 aliphatic carbocycles. The second-order valence-corrected chi connectivity index (χ2v) is 7.13. The van der Waals surface area contributed by atoms with Gasteiger partial charge in [-0.15, -0.1) is 0 Å². The van der Waals surface area contributed by atoms with Crippen molar-refractivity contribution in [3.63, 3.8) is 0 Å². The lowest BCUT2D eigenvalue weighted by Crippen LogP contribution is -2.30. The van der Waals surface area contributed by atoms with Crippen molar-refractivity contribution in [1.82, 2.24) is 10.3 Å². The van der Waals surface area contributed by atoms with Crippen molar-refractivity contribution in [2.45, 2.75) is 65.5 Å². The molecule has 0 saturated heterocycles. The van der Waals surface area contributed by atoms with Gasteiger partial charge in [0.1, 0.15) is 5.82 Å². The van der Waals surface area contributed by atoms with Crippen LogP contribution in [0.3, 0.4) is 0 Å². The highest BCUT2D eigenvalue weighted by Crippen LogP contribution is 2.28. The highest BCUT2D eigenvalue weighted by Gasteiger charge is 2.20. The minimum absolute atomic E-state index is 0.472. The zero-order valence-electron chi connectivity index (χ0n) is 14.3. The predicted octanol–water partition coefficient (Wildman–Crippen LogP) is 3.94. The van der Waals surface area contributed by atoms with Gasteiger partial charge in [0.15, 0.2) is 0 Å². The van der Waals surface area contributed by atoms with E-state index in [9.17, 15) is 0 Å². The Morgan fingerprint density at radius 3 is 2.48 bits per heavy atom. The van der Waals surface area contributed by atoms with Gasteiger partial charge in [0.2, 0.25) is 0 Å². The molecule has 0 aromatic carbocycles. The van der Waals surface area contributed by atoms with Gasteiger partial charge >= 0.3 is 0 Å². The predicted molar refractivity (Wildman–Crippen MR) is 90.9 cm³/mol. The van der Waals surface area contributed by atoms with Gasteiger partial charge in [-0.1, -0.05) is 34.1 Å². The summed E-state index contributed by atoms with van der Waals surface area (Å²) in [6.07, 6.45) is 4.17. The standard InChI is InChI=1S/C18H31N3/c1-13(2)17-9-16(11-19-14(3)4)10-18(20-17)21(5)12-15-7-6-8-15/h9-10,13-15,19H,6-8,11-12H2,1-5H3. The molecule has 1 N–H and O–H groups in total. The number of pyridine rings is 1. The van der Waals surface area contributed by atoms with E-state index in [0.717, 1.165) is 24.8 Å². The van der Waals surface area contributed by atoms with Crippen molar-refractivity contribution in [2.75, 3.05) is 18.5 Å². The number of hydrogen-bond acceptors (Lipinski definition) is 3. The molecule has 118 valence electrons. The molecule has 1 fully saturated rings. The molecule has 21 heavy (non-hydrogen) atoms. The summed E-state index contributed by atoms with van der Waals surface area (Å²) >= 11 is 0. The molecule has 0 bridgehead atoms. The highest BCUT2D eigenvalue weighted by molar-refractivity contribution is 5.42. The Kier molecular flexibility index (Phi) is 5.63. The van der Waals surface area contributed by atoms with Crippen LogP contribution in [0, 0.1) is 5.92 Å². The summed E-state index contributed by atoms with van der Waals surface area (Å²) in [6, 6.07) is 5.01. The van der Waals surface area contributed by atoms with E-state index in [1.807, 2.05) is 0 Å². The molecule has 3 nitrogen and oxygen atoms in total. The fraction of sp³-hybridized carbons (Fsp3) is 0.722. The molecule has 0 aliphatic heterocycles. The molecule has 0 spiro atoms. The zero-order valence-corrected chi connectivity index (χ0v) is 14.3. The summed E-state index contributed by atoms with van der Waals surface area (Å²) in [7, 11) is 2.18. The highest BCUT2D eigenvalue weighted by atomic mass is 15.2. The van der Waals surface area contributed by atoms with Crippen molar-refractivity contribution in [3.05, 3.63) is 23.4 Å². The number of hydrogen-bond donors (Lipinski definition) is 1. The minimum Gasteiger partial charge on any atom is -0.359 e. The molecule has 3 heteroatoms. The molecule has 1 saturated carbocycles. The van der Waals surface area contributed by atoms with Gasteiger partial charge in [-0.05, 0) is 42.4 Å². The van der Waals surface area contributed by atoms with E-state index >= 15 is 0 Å². The van der Waals surface area contributed by atoms with Gasteiger partial charge in [-0.25, -0.2) is 4.98 Å². The van der Waals surface area contributed by atoms with Gasteiger partial charge in [0.05, 0.1) is 0 Å². The fourth-order valence-corrected chi connectivity index (χ4v) is 2.67. The average molecular weight is 289 g/mol. The molecule has 1 aliphatic rings. The van der Waals surface area contributed by atoms with Crippen LogP contribution in [0.25, 0.3) is 0 Å². The molecular weight excluding hydrogens is 258 g/mol. The van der Waals surface area contributed by atoms with E-state index < -0.39 is 0 Å². The van der Waals surface area contributed by atoms with Crippen molar-refractivity contribution >= 4 is 5.82 Å². The Morgan fingerprint density at radius 1 is 1.24 bits per heavy atom. The van der Waals surface area contributed by atoms with Crippen LogP contribution in [0.2, 0.25) is 0 Å². The van der Waals surface area contributed by atoms with Crippen molar-refractivity contribution in [3.8, 4) is 0 Å². The van der Waals surface area contributed by atoms with E-state index in [1.54, 1.807) is 0 Å². The molecule has 0 atom stereocenters. The Labute approximate surface area is 130 Å². The van der Waals surface area contributed by atoms with Gasteiger partial charge in [-0.2, -0.15) is 0 Å². The first-order valence-corrected chi connectivity index (χ1v) is 8.41. The summed E-state index contributed by atoms with van der Waals surface area (Å²) in [5.41, 5.74) is 2.55. The molecular formula is C18H31N3. The third-order valence-corrected chi connectivity index (χ3v) is 4.35. The third kappa shape index (κ3) is 4.70. The maximum Gasteiger partial charge on any atom is 0.128 e. The first kappa shape index (κ1) is 16.3. The van der Waals surface area contributed by atoms with E-state index in [1.165, 1.54) is 30.5 Å². The summed E-state index contributed by atoms with van der Waals surface area (Å²) in [6.45, 7) is 10.9. The molecule has 0 radical (unpaired) electrons. The van der Waals surface area contributed by atoms with E-state index in [4.69, 9.17) is 4.98 Å². The lowest BCUT2D eigenvalue weighted by molar-refractivity contribution is 0.321. The first-order valence-electron chi connectivity index (χ1n) is 8.41. The van der Waals surface area contributed by atoms with Crippen LogP contribution in [0.5, 0.6) is 0 Å². The lowest BCUT2D eigenvalue weighted by atomic mass is 9.85. The van der Waals surface area contributed by atoms with Crippen LogP contribution in [0.4, 0.5) is 5.82 Å². The van der Waals surface area contributed by atoms with Gasteiger partial charge < -0.3 is 10.2 Å². The number of anilines is 1. The number of rotatable bonds is 7. The van der Waals surface area contributed by atoms with Crippen molar-refractivity contribution < 1.29 is 0 Å².